The van der Waals surface area contributed by atoms with E-state index in [0.717, 1.165) is 31.9 Å². The summed E-state index contributed by atoms with van der Waals surface area (Å²) in [6, 6.07) is 8.34. The van der Waals surface area contributed by atoms with Gasteiger partial charge in [-0.1, -0.05) is 20.8 Å². The Morgan fingerprint density at radius 2 is 1.43 bits per heavy atom. The van der Waals surface area contributed by atoms with Gasteiger partial charge < -0.3 is 9.80 Å². The second-order valence-electron chi connectivity index (χ2n) is 6.91. The lowest BCUT2D eigenvalue weighted by molar-refractivity contribution is -0.139. The summed E-state index contributed by atoms with van der Waals surface area (Å²) in [6.07, 6.45) is 3.37. The molecule has 122 valence electrons. The minimum atomic E-state index is -0.303. The molecule has 1 aromatic carbocycles. The average molecular weight is 313 g/mol. The molecule has 3 rings (SSSR count). The van der Waals surface area contributed by atoms with Crippen molar-refractivity contribution in [1.82, 2.24) is 19.7 Å². The lowest BCUT2D eigenvalue weighted by atomic mass is 9.94. The quantitative estimate of drug-likeness (QED) is 0.850. The number of carbonyl (C=O) groups excluding carboxylic acids is 1. The molecule has 0 atom stereocenters. The summed E-state index contributed by atoms with van der Waals surface area (Å²) >= 11 is 0. The molecule has 0 spiro atoms. The fourth-order valence-corrected chi connectivity index (χ4v) is 2.81. The Hall–Kier alpha value is -2.37. The van der Waals surface area contributed by atoms with E-state index in [-0.39, 0.29) is 11.3 Å². The maximum atomic E-state index is 12.3. The van der Waals surface area contributed by atoms with Gasteiger partial charge >= 0.3 is 0 Å². The van der Waals surface area contributed by atoms with E-state index < -0.39 is 0 Å². The minimum absolute atomic E-state index is 0.236. The van der Waals surface area contributed by atoms with E-state index in [0.29, 0.717) is 0 Å². The van der Waals surface area contributed by atoms with Crippen molar-refractivity contribution in [2.75, 3.05) is 31.1 Å². The van der Waals surface area contributed by atoms with Gasteiger partial charge in [0.05, 0.1) is 0 Å². The molecular formula is C17H23N5O. The van der Waals surface area contributed by atoms with E-state index in [4.69, 9.17) is 0 Å². The zero-order chi connectivity index (χ0) is 16.4. The van der Waals surface area contributed by atoms with Crippen LogP contribution in [0.2, 0.25) is 0 Å². The summed E-state index contributed by atoms with van der Waals surface area (Å²) in [5.41, 5.74) is 1.92. The molecule has 1 fully saturated rings. The third-order valence-electron chi connectivity index (χ3n) is 4.14. The van der Waals surface area contributed by atoms with Gasteiger partial charge in [-0.15, -0.1) is 10.2 Å². The molecule has 1 aliphatic heterocycles. The van der Waals surface area contributed by atoms with Gasteiger partial charge in [0.1, 0.15) is 12.7 Å². The summed E-state index contributed by atoms with van der Waals surface area (Å²) in [6.45, 7) is 9.23. The van der Waals surface area contributed by atoms with E-state index in [1.54, 1.807) is 12.7 Å². The predicted octanol–water partition coefficient (Wildman–Crippen LogP) is 1.96. The molecule has 2 heterocycles. The summed E-state index contributed by atoms with van der Waals surface area (Å²) in [5, 5.41) is 7.64. The molecular weight excluding hydrogens is 290 g/mol. The number of hydrogen-bond acceptors (Lipinski definition) is 4. The molecule has 6 heteroatoms. The predicted molar refractivity (Wildman–Crippen MR) is 89.6 cm³/mol. The highest BCUT2D eigenvalue weighted by Gasteiger charge is 2.29. The molecule has 0 radical (unpaired) electrons. The fourth-order valence-electron chi connectivity index (χ4n) is 2.81. The van der Waals surface area contributed by atoms with Gasteiger partial charge in [0.25, 0.3) is 0 Å². The highest BCUT2D eigenvalue weighted by Crippen LogP contribution is 2.22. The van der Waals surface area contributed by atoms with E-state index in [1.807, 2.05) is 30.2 Å². The summed E-state index contributed by atoms with van der Waals surface area (Å²) in [5.74, 6) is 0.236. The van der Waals surface area contributed by atoms with Gasteiger partial charge in [0, 0.05) is 43.0 Å². The monoisotopic (exact) mass is 313 g/mol. The van der Waals surface area contributed by atoms with Crippen molar-refractivity contribution >= 4 is 11.6 Å². The third-order valence-corrected chi connectivity index (χ3v) is 4.14. The largest absolute Gasteiger partial charge is 0.368 e. The number of amides is 1. The van der Waals surface area contributed by atoms with Crippen molar-refractivity contribution in [3.8, 4) is 5.69 Å². The Morgan fingerprint density at radius 3 is 1.96 bits per heavy atom. The van der Waals surface area contributed by atoms with Crippen molar-refractivity contribution in [2.45, 2.75) is 20.8 Å². The Morgan fingerprint density at radius 1 is 0.913 bits per heavy atom. The summed E-state index contributed by atoms with van der Waals surface area (Å²) < 4.78 is 1.88. The highest BCUT2D eigenvalue weighted by atomic mass is 16.2. The van der Waals surface area contributed by atoms with Crippen LogP contribution >= 0.6 is 0 Å². The van der Waals surface area contributed by atoms with E-state index >= 15 is 0 Å². The second kappa shape index (κ2) is 6.02. The first-order chi connectivity index (χ1) is 10.9. The fraction of sp³-hybridized carbons (Fsp3) is 0.471. The van der Waals surface area contributed by atoms with Crippen molar-refractivity contribution < 1.29 is 4.79 Å². The SMILES string of the molecule is CC(C)(C)C(=O)N1CCN(c2ccc(-n3cnnc3)cc2)CC1. The molecule has 23 heavy (non-hydrogen) atoms. The lowest BCUT2D eigenvalue weighted by Crippen LogP contribution is -2.51. The first-order valence-electron chi connectivity index (χ1n) is 7.94. The number of carbonyl (C=O) groups is 1. The highest BCUT2D eigenvalue weighted by molar-refractivity contribution is 5.81. The number of piperazine rings is 1. The number of hydrogen-bond donors (Lipinski definition) is 0. The van der Waals surface area contributed by atoms with Crippen LogP contribution in [0.1, 0.15) is 20.8 Å². The smallest absolute Gasteiger partial charge is 0.228 e. The minimum Gasteiger partial charge on any atom is -0.368 e. The van der Waals surface area contributed by atoms with Crippen LogP contribution in [0.5, 0.6) is 0 Å². The van der Waals surface area contributed by atoms with Crippen LogP contribution in [0.15, 0.2) is 36.9 Å². The van der Waals surface area contributed by atoms with Gasteiger partial charge in [-0.2, -0.15) is 0 Å². The topological polar surface area (TPSA) is 54.3 Å². The molecule has 1 saturated heterocycles. The van der Waals surface area contributed by atoms with Gasteiger partial charge in [0.15, 0.2) is 0 Å². The molecule has 1 aromatic heterocycles. The lowest BCUT2D eigenvalue weighted by Gasteiger charge is -2.38. The number of benzene rings is 1. The van der Waals surface area contributed by atoms with Crippen LogP contribution in [-0.4, -0.2) is 51.8 Å². The zero-order valence-electron chi connectivity index (χ0n) is 13.9. The van der Waals surface area contributed by atoms with E-state index in [1.165, 1.54) is 5.69 Å². The van der Waals surface area contributed by atoms with Crippen molar-refractivity contribution in [3.63, 3.8) is 0 Å². The first kappa shape index (κ1) is 15.5. The van der Waals surface area contributed by atoms with Crippen molar-refractivity contribution in [1.29, 1.82) is 0 Å². The van der Waals surface area contributed by atoms with Crippen LogP contribution in [-0.2, 0) is 4.79 Å². The number of rotatable bonds is 2. The van der Waals surface area contributed by atoms with Gasteiger partial charge in [0.2, 0.25) is 5.91 Å². The zero-order valence-corrected chi connectivity index (χ0v) is 13.9. The molecule has 0 bridgehead atoms. The van der Waals surface area contributed by atoms with Gasteiger partial charge in [-0.05, 0) is 24.3 Å². The Bertz CT molecular complexity index is 649. The third kappa shape index (κ3) is 3.36. The van der Waals surface area contributed by atoms with Crippen LogP contribution in [0, 0.1) is 5.41 Å². The second-order valence-corrected chi connectivity index (χ2v) is 6.91. The molecule has 1 aliphatic rings. The molecule has 0 saturated carbocycles. The van der Waals surface area contributed by atoms with Crippen molar-refractivity contribution in [2.24, 2.45) is 5.41 Å². The Labute approximate surface area is 136 Å². The molecule has 1 amide bonds. The first-order valence-corrected chi connectivity index (χ1v) is 7.94. The van der Waals surface area contributed by atoms with Crippen LogP contribution < -0.4 is 4.90 Å². The molecule has 6 nitrogen and oxygen atoms in total. The van der Waals surface area contributed by atoms with Crippen LogP contribution in [0.4, 0.5) is 5.69 Å². The summed E-state index contributed by atoms with van der Waals surface area (Å²) in [7, 11) is 0. The molecule has 2 aromatic rings. The Kier molecular flexibility index (Phi) is 4.07. The van der Waals surface area contributed by atoms with Crippen LogP contribution in [0.3, 0.4) is 0 Å². The average Bonchev–Trinajstić information content (AvgIpc) is 3.08. The normalized spacial score (nSPS) is 15.8. The number of anilines is 1. The van der Waals surface area contributed by atoms with Gasteiger partial charge in [-0.25, -0.2) is 0 Å². The standard InChI is InChI=1S/C17H23N5O/c1-17(2,3)16(23)21-10-8-20(9-11-21)14-4-6-15(7-5-14)22-12-18-19-13-22/h4-7,12-13H,8-11H2,1-3H3. The Balaban J connectivity index is 1.63. The molecule has 0 aliphatic carbocycles. The maximum Gasteiger partial charge on any atom is 0.228 e. The molecule has 0 N–H and O–H groups in total. The molecule has 0 unspecified atom stereocenters. The van der Waals surface area contributed by atoms with E-state index in [9.17, 15) is 4.79 Å². The maximum absolute atomic E-state index is 12.3. The van der Waals surface area contributed by atoms with Gasteiger partial charge in [-0.3, -0.25) is 9.36 Å². The van der Waals surface area contributed by atoms with E-state index in [2.05, 4.69) is 39.4 Å². The summed E-state index contributed by atoms with van der Waals surface area (Å²) in [4.78, 5) is 16.6. The van der Waals surface area contributed by atoms with Crippen LogP contribution in [0.25, 0.3) is 5.69 Å². The number of nitrogens with zero attached hydrogens (tertiary/aromatic N) is 5. The van der Waals surface area contributed by atoms with Crippen molar-refractivity contribution in [3.05, 3.63) is 36.9 Å². The number of aromatic nitrogens is 3.